The van der Waals surface area contributed by atoms with Gasteiger partial charge in [0.1, 0.15) is 0 Å². The Morgan fingerprint density at radius 2 is 1.79 bits per heavy atom. The second kappa shape index (κ2) is 7.50. The highest BCUT2D eigenvalue weighted by Crippen LogP contribution is 2.38. The summed E-state index contributed by atoms with van der Waals surface area (Å²) in [6, 6.07) is 7.82. The number of likely N-dealkylation sites (N-methyl/N-ethyl adjacent to an activating group) is 1. The lowest BCUT2D eigenvalue weighted by Gasteiger charge is -2.32. The Labute approximate surface area is 193 Å². The first-order valence-corrected chi connectivity index (χ1v) is 11.8. The molecular weight excluding hydrogens is 436 g/mol. The molecule has 0 bridgehead atoms. The molecule has 5 heterocycles. The van der Waals surface area contributed by atoms with Crippen LogP contribution in [0.25, 0.3) is 32.3 Å². The number of piperazine rings is 1. The number of H-pyrrole nitrogens is 1. The summed E-state index contributed by atoms with van der Waals surface area (Å²) < 4.78 is 0.946. The number of rotatable bonds is 3. The number of aryl methyl sites for hydroxylation is 1. The summed E-state index contributed by atoms with van der Waals surface area (Å²) in [5.41, 5.74) is 4.63. The number of nitrogens with one attached hydrogen (secondary N) is 2. The van der Waals surface area contributed by atoms with Crippen LogP contribution in [0.3, 0.4) is 0 Å². The molecule has 2 amide bonds. The third-order valence-electron chi connectivity index (χ3n) is 6.42. The molecule has 4 aromatic rings. The van der Waals surface area contributed by atoms with E-state index in [9.17, 15) is 9.59 Å². The van der Waals surface area contributed by atoms with E-state index in [1.807, 2.05) is 36.6 Å². The van der Waals surface area contributed by atoms with Crippen molar-refractivity contribution in [3.8, 4) is 0 Å². The Morgan fingerprint density at radius 1 is 1.00 bits per heavy atom. The second-order valence-electron chi connectivity index (χ2n) is 8.53. The van der Waals surface area contributed by atoms with Gasteiger partial charge < -0.3 is 14.8 Å². The molecule has 2 aliphatic rings. The Bertz CT molecular complexity index is 1470. The minimum atomic E-state index is -0.424. The average Bonchev–Trinajstić information content (AvgIpc) is 3.49. The lowest BCUT2D eigenvalue weighted by Crippen LogP contribution is -2.45. The number of carbonyl (C=O) groups excluding carboxylic acids is 2. The fraction of sp³-hybridized carbons (Fsp3) is 0.250. The van der Waals surface area contributed by atoms with Gasteiger partial charge in [-0.15, -0.1) is 11.3 Å². The van der Waals surface area contributed by atoms with Crippen molar-refractivity contribution in [3.05, 3.63) is 52.7 Å². The van der Waals surface area contributed by atoms with Crippen LogP contribution in [0.5, 0.6) is 0 Å². The number of aromatic amines is 1. The molecular formula is C24H22N6O2S. The number of thiophene rings is 1. The molecule has 0 unspecified atom stereocenters. The third-order valence-corrected chi connectivity index (χ3v) is 7.37. The van der Waals surface area contributed by atoms with Crippen molar-refractivity contribution in [2.45, 2.75) is 6.92 Å². The van der Waals surface area contributed by atoms with Crippen LogP contribution in [0.2, 0.25) is 0 Å². The summed E-state index contributed by atoms with van der Waals surface area (Å²) >= 11 is 1.54. The molecule has 0 spiro atoms. The SMILES string of the molecule is Cc1cccc2c(C3=C(c4c[nH]c5ccsc45)C(=O)NC3=O)nc(N3CCN(C)CC3)nc12. The fourth-order valence-corrected chi connectivity index (χ4v) is 5.47. The number of imide groups is 1. The lowest BCUT2D eigenvalue weighted by molar-refractivity contribution is -0.122. The van der Waals surface area contributed by atoms with Gasteiger partial charge in [-0.25, -0.2) is 9.97 Å². The van der Waals surface area contributed by atoms with E-state index in [0.717, 1.165) is 58.4 Å². The van der Waals surface area contributed by atoms with Crippen molar-refractivity contribution in [1.29, 1.82) is 0 Å². The number of hydrogen-bond donors (Lipinski definition) is 2. The Kier molecular flexibility index (Phi) is 4.56. The van der Waals surface area contributed by atoms with Gasteiger partial charge in [-0.3, -0.25) is 14.9 Å². The van der Waals surface area contributed by atoms with Crippen molar-refractivity contribution < 1.29 is 9.59 Å². The van der Waals surface area contributed by atoms with Crippen molar-refractivity contribution in [2.24, 2.45) is 0 Å². The van der Waals surface area contributed by atoms with Gasteiger partial charge in [-0.05, 0) is 31.0 Å². The van der Waals surface area contributed by atoms with Crippen LogP contribution >= 0.6 is 11.3 Å². The number of anilines is 1. The van der Waals surface area contributed by atoms with E-state index in [2.05, 4.69) is 27.1 Å². The number of nitrogens with zero attached hydrogens (tertiary/aromatic N) is 4. The molecule has 2 N–H and O–H groups in total. The van der Waals surface area contributed by atoms with E-state index in [0.29, 0.717) is 22.8 Å². The first-order chi connectivity index (χ1) is 16.0. The minimum absolute atomic E-state index is 0.308. The van der Waals surface area contributed by atoms with Gasteiger partial charge >= 0.3 is 0 Å². The fourth-order valence-electron chi connectivity index (χ4n) is 4.59. The van der Waals surface area contributed by atoms with E-state index < -0.39 is 11.8 Å². The maximum atomic E-state index is 13.1. The second-order valence-corrected chi connectivity index (χ2v) is 9.45. The number of benzene rings is 1. The van der Waals surface area contributed by atoms with E-state index in [4.69, 9.17) is 9.97 Å². The number of carbonyl (C=O) groups is 2. The van der Waals surface area contributed by atoms with Gasteiger partial charge in [-0.1, -0.05) is 18.2 Å². The molecule has 6 rings (SSSR count). The van der Waals surface area contributed by atoms with Crippen LogP contribution in [-0.2, 0) is 9.59 Å². The molecule has 1 aromatic carbocycles. The quantitative estimate of drug-likeness (QED) is 0.459. The maximum absolute atomic E-state index is 13.1. The molecule has 1 fully saturated rings. The summed E-state index contributed by atoms with van der Waals surface area (Å²) in [4.78, 5) is 43.6. The van der Waals surface area contributed by atoms with Gasteiger partial charge in [0.05, 0.1) is 32.6 Å². The van der Waals surface area contributed by atoms with Gasteiger partial charge in [0, 0.05) is 43.3 Å². The van der Waals surface area contributed by atoms with E-state index in [-0.39, 0.29) is 0 Å². The molecule has 9 heteroatoms. The first-order valence-electron chi connectivity index (χ1n) is 10.9. The lowest BCUT2D eigenvalue weighted by atomic mass is 9.98. The molecule has 0 radical (unpaired) electrons. The highest BCUT2D eigenvalue weighted by molar-refractivity contribution is 7.17. The highest BCUT2D eigenvalue weighted by Gasteiger charge is 2.36. The van der Waals surface area contributed by atoms with Crippen LogP contribution in [-0.4, -0.2) is 64.9 Å². The molecule has 0 atom stereocenters. The zero-order chi connectivity index (χ0) is 22.7. The molecule has 3 aromatic heterocycles. The van der Waals surface area contributed by atoms with Crippen molar-refractivity contribution in [1.82, 2.24) is 25.2 Å². The molecule has 2 aliphatic heterocycles. The predicted octanol–water partition coefficient (Wildman–Crippen LogP) is 2.80. The van der Waals surface area contributed by atoms with Crippen LogP contribution < -0.4 is 10.2 Å². The molecule has 1 saturated heterocycles. The molecule has 8 nitrogen and oxygen atoms in total. The number of aromatic nitrogens is 3. The summed E-state index contributed by atoms with van der Waals surface area (Å²) in [5.74, 6) is -0.231. The van der Waals surface area contributed by atoms with E-state index >= 15 is 0 Å². The van der Waals surface area contributed by atoms with Crippen molar-refractivity contribution in [3.63, 3.8) is 0 Å². The molecule has 0 aliphatic carbocycles. The summed E-state index contributed by atoms with van der Waals surface area (Å²) in [7, 11) is 2.10. The van der Waals surface area contributed by atoms with E-state index in [1.165, 1.54) is 11.3 Å². The summed E-state index contributed by atoms with van der Waals surface area (Å²) in [6.45, 7) is 5.44. The number of para-hydroxylation sites is 1. The largest absolute Gasteiger partial charge is 0.360 e. The van der Waals surface area contributed by atoms with Crippen LogP contribution in [0, 0.1) is 6.92 Å². The normalized spacial score (nSPS) is 17.6. The topological polar surface area (TPSA) is 94.2 Å². The minimum Gasteiger partial charge on any atom is -0.360 e. The highest BCUT2D eigenvalue weighted by atomic mass is 32.1. The summed E-state index contributed by atoms with van der Waals surface area (Å²) in [5, 5.41) is 5.24. The molecule has 0 saturated carbocycles. The standard InChI is InChI=1S/C24H22N6O2S/c1-13-4-3-5-14-19(13)26-24(30-9-7-29(2)8-10-30)27-20(14)18-17(22(31)28-23(18)32)15-12-25-16-6-11-33-21(15)16/h3-6,11-12,25H,7-10H2,1-2H3,(H,28,31,32). The monoisotopic (exact) mass is 458 g/mol. The number of amides is 2. The number of fused-ring (bicyclic) bond motifs is 2. The van der Waals surface area contributed by atoms with Crippen molar-refractivity contribution >= 4 is 61.4 Å². The van der Waals surface area contributed by atoms with Gasteiger partial charge in [-0.2, -0.15) is 0 Å². The zero-order valence-electron chi connectivity index (χ0n) is 18.3. The zero-order valence-corrected chi connectivity index (χ0v) is 19.1. The Morgan fingerprint density at radius 3 is 2.61 bits per heavy atom. The van der Waals surface area contributed by atoms with Crippen molar-refractivity contribution in [2.75, 3.05) is 38.1 Å². The molecule has 33 heavy (non-hydrogen) atoms. The van der Waals surface area contributed by atoms with E-state index in [1.54, 1.807) is 6.20 Å². The van der Waals surface area contributed by atoms with Crippen LogP contribution in [0.4, 0.5) is 5.95 Å². The van der Waals surface area contributed by atoms with Crippen LogP contribution in [0.1, 0.15) is 16.8 Å². The number of hydrogen-bond acceptors (Lipinski definition) is 7. The van der Waals surface area contributed by atoms with Gasteiger partial charge in [0.25, 0.3) is 11.8 Å². The smallest absolute Gasteiger partial charge is 0.261 e. The summed E-state index contributed by atoms with van der Waals surface area (Å²) in [6.07, 6.45) is 1.80. The average molecular weight is 459 g/mol. The third kappa shape index (κ3) is 3.15. The van der Waals surface area contributed by atoms with Crippen LogP contribution in [0.15, 0.2) is 35.8 Å². The Hall–Kier alpha value is -3.56. The Balaban J connectivity index is 1.63. The predicted molar refractivity (Wildman–Crippen MR) is 130 cm³/mol. The molecule has 166 valence electrons. The van der Waals surface area contributed by atoms with Gasteiger partial charge in [0.15, 0.2) is 0 Å². The van der Waals surface area contributed by atoms with Gasteiger partial charge in [0.2, 0.25) is 5.95 Å². The first kappa shape index (κ1) is 20.1. The maximum Gasteiger partial charge on any atom is 0.261 e.